The van der Waals surface area contributed by atoms with Crippen LogP contribution in [0.1, 0.15) is 57.7 Å². The van der Waals surface area contributed by atoms with Crippen molar-refractivity contribution in [3.8, 4) is 0 Å². The molecule has 4 rings (SSSR count). The number of ether oxygens (including phenoxy) is 2. The average molecular weight is 426 g/mol. The first-order valence-electron chi connectivity index (χ1n) is 9.98. The van der Waals surface area contributed by atoms with Crippen molar-refractivity contribution in [2.45, 2.75) is 45.1 Å². The van der Waals surface area contributed by atoms with Gasteiger partial charge in [-0.05, 0) is 50.3 Å². The van der Waals surface area contributed by atoms with Crippen LogP contribution in [-0.4, -0.2) is 35.1 Å². The van der Waals surface area contributed by atoms with E-state index in [9.17, 15) is 9.59 Å². The molecule has 1 aromatic carbocycles. The Morgan fingerprint density at radius 2 is 1.87 bits per heavy atom. The summed E-state index contributed by atoms with van der Waals surface area (Å²) in [6, 6.07) is 7.04. The number of aromatic nitrogens is 2. The van der Waals surface area contributed by atoms with E-state index in [4.69, 9.17) is 9.47 Å². The molecule has 8 heteroatoms. The Morgan fingerprint density at radius 3 is 2.63 bits per heavy atom. The van der Waals surface area contributed by atoms with Gasteiger partial charge >= 0.3 is 11.9 Å². The highest BCUT2D eigenvalue weighted by Crippen LogP contribution is 2.36. The quantitative estimate of drug-likeness (QED) is 0.574. The normalized spacial score (nSPS) is 14.5. The number of hydrogen-bond donors (Lipinski definition) is 1. The molecule has 2 aromatic heterocycles. The van der Waals surface area contributed by atoms with Crippen molar-refractivity contribution in [3.63, 3.8) is 0 Å². The minimum atomic E-state index is -0.442. The zero-order chi connectivity index (χ0) is 21.1. The van der Waals surface area contributed by atoms with E-state index in [-0.39, 0.29) is 12.1 Å². The first-order chi connectivity index (χ1) is 14.6. The molecule has 3 aromatic rings. The fourth-order valence-electron chi connectivity index (χ4n) is 3.76. The number of carbonyl (C=O) groups is 2. The summed E-state index contributed by atoms with van der Waals surface area (Å²) in [6.07, 6.45) is 6.68. The van der Waals surface area contributed by atoms with Crippen molar-refractivity contribution in [2.75, 3.05) is 12.4 Å². The molecule has 0 aliphatic heterocycles. The van der Waals surface area contributed by atoms with Crippen LogP contribution in [0, 0.1) is 6.92 Å². The maximum atomic E-state index is 12.8. The van der Waals surface area contributed by atoms with Gasteiger partial charge in [-0.1, -0.05) is 18.6 Å². The number of aryl methyl sites for hydroxylation is 1. The first-order valence-corrected chi connectivity index (χ1v) is 10.8. The number of anilines is 2. The highest BCUT2D eigenvalue weighted by molar-refractivity contribution is 7.20. The van der Waals surface area contributed by atoms with Crippen LogP contribution in [-0.2, 0) is 9.47 Å². The predicted molar refractivity (Wildman–Crippen MR) is 116 cm³/mol. The lowest BCUT2D eigenvalue weighted by atomic mass is 9.98. The van der Waals surface area contributed by atoms with E-state index >= 15 is 0 Å². The number of esters is 2. The van der Waals surface area contributed by atoms with Gasteiger partial charge in [-0.2, -0.15) is 0 Å². The van der Waals surface area contributed by atoms with E-state index in [1.807, 2.05) is 13.0 Å². The molecule has 0 atom stereocenters. The van der Waals surface area contributed by atoms with Crippen molar-refractivity contribution in [1.29, 1.82) is 0 Å². The van der Waals surface area contributed by atoms with Crippen LogP contribution in [0.3, 0.4) is 0 Å². The lowest BCUT2D eigenvalue weighted by molar-refractivity contribution is 0.0216. The molecule has 0 spiro atoms. The molecule has 0 unspecified atom stereocenters. The van der Waals surface area contributed by atoms with E-state index in [0.717, 1.165) is 36.6 Å². The monoisotopic (exact) mass is 425 g/mol. The smallest absolute Gasteiger partial charge is 0.348 e. The summed E-state index contributed by atoms with van der Waals surface area (Å²) in [4.78, 5) is 34.8. The van der Waals surface area contributed by atoms with Gasteiger partial charge in [0.1, 0.15) is 28.0 Å². The number of hydrogen-bond acceptors (Lipinski definition) is 8. The Balaban J connectivity index is 1.66. The zero-order valence-electron chi connectivity index (χ0n) is 16.9. The van der Waals surface area contributed by atoms with Crippen molar-refractivity contribution >= 4 is 45.0 Å². The van der Waals surface area contributed by atoms with Crippen LogP contribution in [0.2, 0.25) is 0 Å². The van der Waals surface area contributed by atoms with E-state index in [1.54, 1.807) is 18.2 Å². The molecule has 0 radical (unpaired) electrons. The molecule has 1 N–H and O–H groups in total. The molecule has 0 amide bonds. The van der Waals surface area contributed by atoms with E-state index < -0.39 is 5.97 Å². The van der Waals surface area contributed by atoms with Gasteiger partial charge in [-0.3, -0.25) is 0 Å². The molecule has 1 aliphatic carbocycles. The number of thiophene rings is 1. The van der Waals surface area contributed by atoms with E-state index in [2.05, 4.69) is 15.3 Å². The minimum absolute atomic E-state index is 0.00789. The average Bonchev–Trinajstić information content (AvgIpc) is 3.12. The number of methoxy groups -OCH3 is 1. The minimum Gasteiger partial charge on any atom is -0.465 e. The summed E-state index contributed by atoms with van der Waals surface area (Å²) >= 11 is 1.30. The standard InChI is InChI=1S/C22H23N3O4S/c1-13-17-19(25-16-11-7-6-10-15(16)21(26)28-2)23-12-24-20(17)30-18(13)22(27)29-14-8-4-3-5-9-14/h6-7,10-12,14H,3-5,8-9H2,1-2H3,(H,23,24,25). The largest absolute Gasteiger partial charge is 0.465 e. The van der Waals surface area contributed by atoms with Gasteiger partial charge in [0.25, 0.3) is 0 Å². The highest BCUT2D eigenvalue weighted by Gasteiger charge is 2.24. The molecule has 2 heterocycles. The Kier molecular flexibility index (Phi) is 5.94. The Morgan fingerprint density at radius 1 is 1.10 bits per heavy atom. The van der Waals surface area contributed by atoms with Gasteiger partial charge in [-0.15, -0.1) is 11.3 Å². The van der Waals surface area contributed by atoms with Gasteiger partial charge in [0.2, 0.25) is 0 Å². The third kappa shape index (κ3) is 4.00. The molecule has 156 valence electrons. The second kappa shape index (κ2) is 8.79. The Hall–Kier alpha value is -3.00. The number of benzene rings is 1. The van der Waals surface area contributed by atoms with Crippen molar-refractivity contribution in [2.24, 2.45) is 0 Å². The third-order valence-corrected chi connectivity index (χ3v) is 6.50. The summed E-state index contributed by atoms with van der Waals surface area (Å²) < 4.78 is 10.6. The summed E-state index contributed by atoms with van der Waals surface area (Å²) in [5, 5.41) is 3.96. The van der Waals surface area contributed by atoms with Crippen LogP contribution in [0.5, 0.6) is 0 Å². The zero-order valence-corrected chi connectivity index (χ0v) is 17.8. The molecule has 0 bridgehead atoms. The van der Waals surface area contributed by atoms with E-state index in [1.165, 1.54) is 31.2 Å². The van der Waals surface area contributed by atoms with Gasteiger partial charge in [0.05, 0.1) is 23.7 Å². The third-order valence-electron chi connectivity index (χ3n) is 5.32. The van der Waals surface area contributed by atoms with Gasteiger partial charge in [-0.25, -0.2) is 19.6 Å². The lowest BCUT2D eigenvalue weighted by Gasteiger charge is -2.21. The molecule has 1 saturated carbocycles. The van der Waals surface area contributed by atoms with Gasteiger partial charge in [0, 0.05) is 0 Å². The van der Waals surface area contributed by atoms with Gasteiger partial charge in [0.15, 0.2) is 0 Å². The van der Waals surface area contributed by atoms with Crippen molar-refractivity contribution in [3.05, 3.63) is 46.6 Å². The molecule has 1 aliphatic rings. The molecular weight excluding hydrogens is 402 g/mol. The first kappa shape index (κ1) is 20.3. The number of nitrogens with one attached hydrogen (secondary N) is 1. The molecule has 7 nitrogen and oxygen atoms in total. The van der Waals surface area contributed by atoms with E-state index in [0.29, 0.717) is 26.8 Å². The second-order valence-corrected chi connectivity index (χ2v) is 8.29. The van der Waals surface area contributed by atoms with Gasteiger partial charge < -0.3 is 14.8 Å². The van der Waals surface area contributed by atoms with Crippen LogP contribution >= 0.6 is 11.3 Å². The maximum absolute atomic E-state index is 12.8. The number of carbonyl (C=O) groups excluding carboxylic acids is 2. The fourth-order valence-corrected chi connectivity index (χ4v) is 4.79. The summed E-state index contributed by atoms with van der Waals surface area (Å²) in [5.74, 6) is -0.215. The Bertz CT molecular complexity index is 1090. The van der Waals surface area contributed by atoms with Crippen LogP contribution in [0.4, 0.5) is 11.5 Å². The SMILES string of the molecule is COC(=O)c1ccccc1Nc1ncnc2sc(C(=O)OC3CCCCC3)c(C)c12. The molecule has 1 fully saturated rings. The van der Waals surface area contributed by atoms with Crippen molar-refractivity contribution < 1.29 is 19.1 Å². The number of fused-ring (bicyclic) bond motifs is 1. The maximum Gasteiger partial charge on any atom is 0.348 e. The number of para-hydroxylation sites is 1. The van der Waals surface area contributed by atoms with Crippen LogP contribution in [0.25, 0.3) is 10.2 Å². The molecule has 30 heavy (non-hydrogen) atoms. The molecule has 0 saturated heterocycles. The number of nitrogens with zero attached hydrogens (tertiary/aromatic N) is 2. The second-order valence-electron chi connectivity index (χ2n) is 7.29. The Labute approximate surface area is 178 Å². The van der Waals surface area contributed by atoms with Crippen molar-refractivity contribution in [1.82, 2.24) is 9.97 Å². The van der Waals surface area contributed by atoms with Crippen LogP contribution in [0.15, 0.2) is 30.6 Å². The summed E-state index contributed by atoms with van der Waals surface area (Å²) in [6.45, 7) is 1.87. The number of rotatable bonds is 5. The highest BCUT2D eigenvalue weighted by atomic mass is 32.1. The summed E-state index contributed by atoms with van der Waals surface area (Å²) in [5.41, 5.74) is 1.74. The topological polar surface area (TPSA) is 90.4 Å². The van der Waals surface area contributed by atoms with Crippen LogP contribution < -0.4 is 5.32 Å². The summed E-state index contributed by atoms with van der Waals surface area (Å²) in [7, 11) is 1.34. The predicted octanol–water partition coefficient (Wildman–Crippen LogP) is 5.02. The lowest BCUT2D eigenvalue weighted by Crippen LogP contribution is -2.20. The molecular formula is C22H23N3O4S. The fraction of sp³-hybridized carbons (Fsp3) is 0.364.